The van der Waals surface area contributed by atoms with E-state index in [2.05, 4.69) is 0 Å². The van der Waals surface area contributed by atoms with Crippen LogP contribution in [0, 0.1) is 11.0 Å². The van der Waals surface area contributed by atoms with Crippen LogP contribution in [-0.2, 0) is 6.42 Å². The average molecular weight is 395 g/mol. The van der Waals surface area contributed by atoms with Crippen molar-refractivity contribution in [2.75, 3.05) is 6.61 Å². The van der Waals surface area contributed by atoms with Crippen LogP contribution in [-0.4, -0.2) is 17.6 Å². The zero-order chi connectivity index (χ0) is 21.0. The zero-order valence-corrected chi connectivity index (χ0v) is 16.2. The molecule has 2 N–H and O–H groups in total. The van der Waals surface area contributed by atoms with E-state index in [4.69, 9.17) is 9.94 Å². The molecule has 6 heteroatoms. The Hall–Kier alpha value is -3.06. The summed E-state index contributed by atoms with van der Waals surface area (Å²) in [5.41, 5.74) is 2.82. The molecule has 0 bridgehead atoms. The predicted molar refractivity (Wildman–Crippen MR) is 108 cm³/mol. The SMILES string of the molecule is CCOc1ccc(Cc2ccc([NH+]([O-])O)cc2)c(F)c1-c1cccc(C(C)=O)c1. The summed E-state index contributed by atoms with van der Waals surface area (Å²) >= 11 is 0. The molecule has 3 rings (SSSR count). The summed E-state index contributed by atoms with van der Waals surface area (Å²) in [6.45, 7) is 3.68. The molecule has 3 aromatic carbocycles. The Morgan fingerprint density at radius 1 is 1.14 bits per heavy atom. The van der Waals surface area contributed by atoms with E-state index in [0.717, 1.165) is 5.56 Å². The number of nitrogens with one attached hydrogen (secondary N) is 1. The minimum Gasteiger partial charge on any atom is -0.595 e. The summed E-state index contributed by atoms with van der Waals surface area (Å²) < 4.78 is 21.1. The first-order valence-electron chi connectivity index (χ1n) is 9.28. The highest BCUT2D eigenvalue weighted by molar-refractivity contribution is 5.95. The largest absolute Gasteiger partial charge is 0.595 e. The number of halogens is 1. The fourth-order valence-electron chi connectivity index (χ4n) is 3.16. The van der Waals surface area contributed by atoms with E-state index in [1.807, 2.05) is 6.92 Å². The van der Waals surface area contributed by atoms with Crippen LogP contribution < -0.4 is 9.96 Å². The van der Waals surface area contributed by atoms with Gasteiger partial charge in [-0.25, -0.2) is 9.60 Å². The Labute approximate surface area is 168 Å². The maximum absolute atomic E-state index is 15.5. The fraction of sp³-hybridized carbons (Fsp3) is 0.174. The lowest BCUT2D eigenvalue weighted by atomic mass is 9.95. The van der Waals surface area contributed by atoms with Crippen molar-refractivity contribution in [3.05, 3.63) is 88.4 Å². The van der Waals surface area contributed by atoms with Gasteiger partial charge in [-0.2, -0.15) is 5.23 Å². The summed E-state index contributed by atoms with van der Waals surface area (Å²) in [7, 11) is 0. The number of carbonyl (C=O) groups excluding carboxylic acids is 1. The summed E-state index contributed by atoms with van der Waals surface area (Å²) in [5, 5.41) is 19.0. The normalized spacial score (nSPS) is 11.9. The third-order valence-corrected chi connectivity index (χ3v) is 4.64. The Morgan fingerprint density at radius 3 is 2.48 bits per heavy atom. The zero-order valence-electron chi connectivity index (χ0n) is 16.2. The fourth-order valence-corrected chi connectivity index (χ4v) is 3.16. The predicted octanol–water partition coefficient (Wildman–Crippen LogP) is 4.09. The van der Waals surface area contributed by atoms with E-state index in [-0.39, 0.29) is 11.5 Å². The smallest absolute Gasteiger partial charge is 0.163 e. The van der Waals surface area contributed by atoms with Crippen LogP contribution in [0.4, 0.5) is 10.1 Å². The van der Waals surface area contributed by atoms with Crippen molar-refractivity contribution in [2.45, 2.75) is 20.3 Å². The molecule has 0 aliphatic heterocycles. The molecule has 1 unspecified atom stereocenters. The number of quaternary nitrogens is 1. The third-order valence-electron chi connectivity index (χ3n) is 4.64. The van der Waals surface area contributed by atoms with E-state index < -0.39 is 11.0 Å². The van der Waals surface area contributed by atoms with E-state index in [1.165, 1.54) is 19.1 Å². The number of benzene rings is 3. The van der Waals surface area contributed by atoms with E-state index in [1.54, 1.807) is 48.5 Å². The number of ketones is 1. The van der Waals surface area contributed by atoms with Crippen molar-refractivity contribution in [3.8, 4) is 16.9 Å². The lowest BCUT2D eigenvalue weighted by Gasteiger charge is -2.16. The number of carbonyl (C=O) groups is 1. The van der Waals surface area contributed by atoms with Gasteiger partial charge in [0, 0.05) is 24.1 Å². The van der Waals surface area contributed by atoms with Gasteiger partial charge in [-0.3, -0.25) is 4.79 Å². The number of hydrogen-bond acceptors (Lipinski definition) is 4. The second-order valence-electron chi connectivity index (χ2n) is 6.66. The second-order valence-corrected chi connectivity index (χ2v) is 6.66. The highest BCUT2D eigenvalue weighted by Gasteiger charge is 2.18. The first kappa shape index (κ1) is 20.7. The number of hydrogen-bond donors (Lipinski definition) is 2. The second kappa shape index (κ2) is 8.96. The Bertz CT molecular complexity index is 1020. The Kier molecular flexibility index (Phi) is 6.39. The maximum Gasteiger partial charge on any atom is 0.163 e. The number of rotatable bonds is 7. The standard InChI is InChI=1S/C23H22FNO4/c1-3-29-21-12-9-19(13-16-7-10-20(11-8-16)25(27)28)23(24)22(21)18-6-4-5-17(14-18)15(2)26/h4-12,14,25,27H,3,13H2,1-2H3. The van der Waals surface area contributed by atoms with Crippen LogP contribution in [0.15, 0.2) is 60.7 Å². The van der Waals surface area contributed by atoms with E-state index >= 15 is 4.39 Å². The molecule has 29 heavy (non-hydrogen) atoms. The van der Waals surface area contributed by atoms with Crippen molar-refractivity contribution >= 4 is 11.5 Å². The molecule has 5 nitrogen and oxygen atoms in total. The van der Waals surface area contributed by atoms with Gasteiger partial charge in [-0.15, -0.1) is 0 Å². The van der Waals surface area contributed by atoms with Crippen LogP contribution in [0.5, 0.6) is 5.75 Å². The van der Waals surface area contributed by atoms with Gasteiger partial charge in [0.2, 0.25) is 0 Å². The summed E-state index contributed by atoms with van der Waals surface area (Å²) in [6.07, 6.45) is 0.303. The molecule has 0 fully saturated rings. The molecular formula is C23H22FNO4. The molecule has 0 saturated heterocycles. The van der Waals surface area contributed by atoms with Gasteiger partial charge in [0.15, 0.2) is 11.5 Å². The lowest BCUT2D eigenvalue weighted by Crippen LogP contribution is -2.99. The van der Waals surface area contributed by atoms with Crippen LogP contribution >= 0.6 is 0 Å². The van der Waals surface area contributed by atoms with Crippen LogP contribution in [0.1, 0.15) is 35.3 Å². The summed E-state index contributed by atoms with van der Waals surface area (Å²) in [6, 6.07) is 16.6. The number of ether oxygens (including phenoxy) is 1. The van der Waals surface area contributed by atoms with Crippen molar-refractivity contribution in [3.63, 3.8) is 0 Å². The van der Waals surface area contributed by atoms with E-state index in [0.29, 0.717) is 41.0 Å². The maximum atomic E-state index is 15.5. The topological polar surface area (TPSA) is 74.0 Å². The van der Waals surface area contributed by atoms with Crippen molar-refractivity contribution in [1.82, 2.24) is 0 Å². The van der Waals surface area contributed by atoms with Crippen LogP contribution in [0.25, 0.3) is 11.1 Å². The molecule has 0 radical (unpaired) electrons. The van der Waals surface area contributed by atoms with Gasteiger partial charge in [-0.1, -0.05) is 36.4 Å². The monoisotopic (exact) mass is 395 g/mol. The quantitative estimate of drug-likeness (QED) is 0.467. The highest BCUT2D eigenvalue weighted by atomic mass is 19.1. The number of Topliss-reactive ketones (excluding diaryl/α,β-unsaturated/α-hetero) is 1. The molecule has 0 heterocycles. The van der Waals surface area contributed by atoms with Gasteiger partial charge in [-0.05, 0) is 42.7 Å². The van der Waals surface area contributed by atoms with Gasteiger partial charge >= 0.3 is 0 Å². The molecular weight excluding hydrogens is 373 g/mol. The molecule has 0 amide bonds. The molecule has 0 saturated carbocycles. The van der Waals surface area contributed by atoms with Gasteiger partial charge in [0.05, 0.1) is 12.2 Å². The van der Waals surface area contributed by atoms with Crippen LogP contribution in [0.3, 0.4) is 0 Å². The van der Waals surface area contributed by atoms with Crippen molar-refractivity contribution < 1.29 is 24.4 Å². The van der Waals surface area contributed by atoms with Gasteiger partial charge < -0.3 is 9.94 Å². The first-order chi connectivity index (χ1) is 13.9. The minimum atomic E-state index is -1.00. The Morgan fingerprint density at radius 2 is 1.86 bits per heavy atom. The first-order valence-corrected chi connectivity index (χ1v) is 9.28. The van der Waals surface area contributed by atoms with Gasteiger partial charge in [0.1, 0.15) is 11.6 Å². The molecule has 3 aromatic rings. The summed E-state index contributed by atoms with van der Waals surface area (Å²) in [4.78, 5) is 11.7. The van der Waals surface area contributed by atoms with Crippen molar-refractivity contribution in [1.29, 1.82) is 0 Å². The third kappa shape index (κ3) is 4.68. The average Bonchev–Trinajstić information content (AvgIpc) is 2.71. The molecule has 0 aromatic heterocycles. The van der Waals surface area contributed by atoms with Crippen LogP contribution in [0.2, 0.25) is 0 Å². The molecule has 0 spiro atoms. The lowest BCUT2D eigenvalue weighted by molar-refractivity contribution is -0.991. The minimum absolute atomic E-state index is 0.0973. The molecule has 0 aliphatic rings. The van der Waals surface area contributed by atoms with Crippen molar-refractivity contribution in [2.24, 2.45) is 0 Å². The van der Waals surface area contributed by atoms with Gasteiger partial charge in [0.25, 0.3) is 0 Å². The summed E-state index contributed by atoms with van der Waals surface area (Å²) in [5.74, 6) is -0.102. The van der Waals surface area contributed by atoms with E-state index in [9.17, 15) is 10.0 Å². The molecule has 150 valence electrons. The Balaban J connectivity index is 2.03. The molecule has 1 atom stereocenters. The molecule has 0 aliphatic carbocycles. The highest BCUT2D eigenvalue weighted by Crippen LogP contribution is 2.36.